The number of nitrogens with one attached hydrogen (secondary N) is 1. The van der Waals surface area contributed by atoms with Crippen LogP contribution in [-0.4, -0.2) is 10.1 Å². The van der Waals surface area contributed by atoms with E-state index in [2.05, 4.69) is 4.98 Å². The second-order valence-corrected chi connectivity index (χ2v) is 3.57. The van der Waals surface area contributed by atoms with Crippen LogP contribution in [0.1, 0.15) is 24.1 Å². The van der Waals surface area contributed by atoms with Crippen molar-refractivity contribution >= 4 is 10.9 Å². The molecule has 0 bridgehead atoms. The maximum atomic E-state index is 9.10. The van der Waals surface area contributed by atoms with E-state index in [0.29, 0.717) is 0 Å². The first-order chi connectivity index (χ1) is 6.72. The summed E-state index contributed by atoms with van der Waals surface area (Å²) in [5, 5.41) is 10.2. The van der Waals surface area contributed by atoms with Crippen molar-refractivity contribution in [1.29, 1.82) is 0 Å². The first-order valence-corrected chi connectivity index (χ1v) is 4.68. The number of aliphatic hydroxyl groups excluding tert-OH is 1. The molecule has 0 amide bonds. The highest BCUT2D eigenvalue weighted by Gasteiger charge is 2.05. The van der Waals surface area contributed by atoms with Gasteiger partial charge in [-0.15, -0.1) is 0 Å². The highest BCUT2D eigenvalue weighted by Crippen LogP contribution is 2.22. The minimum atomic E-state index is 0.0286. The third-order valence-electron chi connectivity index (χ3n) is 2.49. The summed E-state index contributed by atoms with van der Waals surface area (Å²) in [5.74, 6) is 0. The van der Waals surface area contributed by atoms with Gasteiger partial charge in [-0.05, 0) is 24.6 Å². The number of hydrogen-bond acceptors (Lipinski definition) is 2. The quantitative estimate of drug-likeness (QED) is 0.674. The molecule has 0 radical (unpaired) electrons. The molecule has 0 aliphatic carbocycles. The summed E-state index contributed by atoms with van der Waals surface area (Å²) in [6, 6.07) is 6.06. The van der Waals surface area contributed by atoms with Crippen LogP contribution in [-0.2, 0) is 6.61 Å². The largest absolute Gasteiger partial charge is 0.392 e. The fraction of sp³-hybridized carbons (Fsp3) is 0.273. The molecule has 0 aliphatic heterocycles. The van der Waals surface area contributed by atoms with Crippen molar-refractivity contribution in [2.75, 3.05) is 0 Å². The lowest BCUT2D eigenvalue weighted by Gasteiger charge is -2.05. The van der Waals surface area contributed by atoms with Crippen LogP contribution >= 0.6 is 0 Å². The van der Waals surface area contributed by atoms with E-state index in [1.54, 1.807) is 0 Å². The lowest BCUT2D eigenvalue weighted by molar-refractivity contribution is 0.283. The molecule has 0 saturated heterocycles. The van der Waals surface area contributed by atoms with E-state index in [0.717, 1.165) is 22.0 Å². The number of nitrogens with two attached hydrogens (primary N) is 1. The Bertz CT molecular complexity index is 445. The fourth-order valence-electron chi connectivity index (χ4n) is 1.61. The molecule has 1 heterocycles. The highest BCUT2D eigenvalue weighted by molar-refractivity contribution is 5.83. The standard InChI is InChI=1S/C11H14N2O/c1-7(12)8-2-3-11-10(4-8)9(6-14)5-13-11/h2-5,7,13-14H,6,12H2,1H3. The van der Waals surface area contributed by atoms with Gasteiger partial charge in [-0.25, -0.2) is 0 Å². The van der Waals surface area contributed by atoms with E-state index in [4.69, 9.17) is 10.8 Å². The molecule has 74 valence electrons. The molecule has 2 rings (SSSR count). The van der Waals surface area contributed by atoms with Gasteiger partial charge in [-0.2, -0.15) is 0 Å². The van der Waals surface area contributed by atoms with E-state index >= 15 is 0 Å². The topological polar surface area (TPSA) is 62.0 Å². The van der Waals surface area contributed by atoms with Crippen LogP contribution in [0.4, 0.5) is 0 Å². The first kappa shape index (κ1) is 9.24. The van der Waals surface area contributed by atoms with Gasteiger partial charge in [-0.3, -0.25) is 0 Å². The van der Waals surface area contributed by atoms with Crippen LogP contribution < -0.4 is 5.73 Å². The summed E-state index contributed by atoms with van der Waals surface area (Å²) >= 11 is 0. The highest BCUT2D eigenvalue weighted by atomic mass is 16.3. The van der Waals surface area contributed by atoms with Crippen molar-refractivity contribution in [1.82, 2.24) is 4.98 Å². The molecule has 1 unspecified atom stereocenters. The minimum absolute atomic E-state index is 0.0286. The van der Waals surface area contributed by atoms with Gasteiger partial charge in [0.15, 0.2) is 0 Å². The normalized spacial score (nSPS) is 13.4. The first-order valence-electron chi connectivity index (χ1n) is 4.68. The van der Waals surface area contributed by atoms with Crippen LogP contribution in [0.25, 0.3) is 10.9 Å². The van der Waals surface area contributed by atoms with Crippen molar-refractivity contribution in [3.05, 3.63) is 35.5 Å². The van der Waals surface area contributed by atoms with Gasteiger partial charge < -0.3 is 15.8 Å². The molecule has 1 atom stereocenters. The zero-order chi connectivity index (χ0) is 10.1. The van der Waals surface area contributed by atoms with Crippen LogP contribution in [0.2, 0.25) is 0 Å². The number of fused-ring (bicyclic) bond motifs is 1. The van der Waals surface area contributed by atoms with Crippen LogP contribution in [0.5, 0.6) is 0 Å². The van der Waals surface area contributed by atoms with Crippen molar-refractivity contribution in [3.63, 3.8) is 0 Å². The lowest BCUT2D eigenvalue weighted by atomic mass is 10.1. The second-order valence-electron chi connectivity index (χ2n) is 3.57. The molecule has 0 aliphatic rings. The van der Waals surface area contributed by atoms with Crippen molar-refractivity contribution in [2.24, 2.45) is 5.73 Å². The van der Waals surface area contributed by atoms with E-state index in [-0.39, 0.29) is 12.6 Å². The van der Waals surface area contributed by atoms with Crippen LogP contribution in [0.15, 0.2) is 24.4 Å². The number of hydrogen-bond donors (Lipinski definition) is 3. The number of rotatable bonds is 2. The van der Waals surface area contributed by atoms with Crippen LogP contribution in [0, 0.1) is 0 Å². The number of H-pyrrole nitrogens is 1. The SMILES string of the molecule is CC(N)c1ccc2[nH]cc(CO)c2c1. The van der Waals surface area contributed by atoms with Crippen LogP contribution in [0.3, 0.4) is 0 Å². The predicted octanol–water partition coefficient (Wildman–Crippen LogP) is 1.68. The minimum Gasteiger partial charge on any atom is -0.392 e. The summed E-state index contributed by atoms with van der Waals surface area (Å²) < 4.78 is 0. The summed E-state index contributed by atoms with van der Waals surface area (Å²) in [4.78, 5) is 3.10. The Morgan fingerprint density at radius 1 is 1.50 bits per heavy atom. The maximum Gasteiger partial charge on any atom is 0.0702 e. The number of aliphatic hydroxyl groups is 1. The van der Waals surface area contributed by atoms with Gasteiger partial charge in [0.2, 0.25) is 0 Å². The predicted molar refractivity (Wildman–Crippen MR) is 56.8 cm³/mol. The molecular weight excluding hydrogens is 176 g/mol. The smallest absolute Gasteiger partial charge is 0.0702 e. The molecule has 0 fully saturated rings. The molecular formula is C11H14N2O. The maximum absolute atomic E-state index is 9.10. The van der Waals surface area contributed by atoms with Gasteiger partial charge in [0.25, 0.3) is 0 Å². The molecule has 3 nitrogen and oxygen atoms in total. The molecule has 1 aromatic carbocycles. The fourth-order valence-corrected chi connectivity index (χ4v) is 1.61. The van der Waals surface area contributed by atoms with Gasteiger partial charge in [-0.1, -0.05) is 6.07 Å². The number of aromatic amines is 1. The molecule has 0 saturated carbocycles. The number of benzene rings is 1. The van der Waals surface area contributed by atoms with E-state index in [9.17, 15) is 0 Å². The monoisotopic (exact) mass is 190 g/mol. The summed E-state index contributed by atoms with van der Waals surface area (Å²) in [5.41, 5.74) is 8.84. The summed E-state index contributed by atoms with van der Waals surface area (Å²) in [6.07, 6.45) is 1.83. The lowest BCUT2D eigenvalue weighted by Crippen LogP contribution is -2.04. The van der Waals surface area contributed by atoms with E-state index in [1.165, 1.54) is 0 Å². The molecule has 0 spiro atoms. The summed E-state index contributed by atoms with van der Waals surface area (Å²) in [7, 11) is 0. The number of aromatic nitrogens is 1. The van der Waals surface area contributed by atoms with E-state index in [1.807, 2.05) is 31.3 Å². The average molecular weight is 190 g/mol. The molecule has 3 heteroatoms. The zero-order valence-corrected chi connectivity index (χ0v) is 8.12. The molecule has 4 N–H and O–H groups in total. The van der Waals surface area contributed by atoms with E-state index < -0.39 is 0 Å². The Labute approximate surface area is 82.6 Å². The Morgan fingerprint density at radius 3 is 2.93 bits per heavy atom. The van der Waals surface area contributed by atoms with Crippen molar-refractivity contribution in [2.45, 2.75) is 19.6 Å². The molecule has 2 aromatic rings. The molecule has 14 heavy (non-hydrogen) atoms. The van der Waals surface area contributed by atoms with Gasteiger partial charge >= 0.3 is 0 Å². The van der Waals surface area contributed by atoms with Gasteiger partial charge in [0.05, 0.1) is 6.61 Å². The Hall–Kier alpha value is -1.32. The Kier molecular flexibility index (Phi) is 2.27. The second kappa shape index (κ2) is 3.44. The third kappa shape index (κ3) is 1.41. The Balaban J connectivity index is 2.61. The summed E-state index contributed by atoms with van der Waals surface area (Å²) in [6.45, 7) is 2.01. The van der Waals surface area contributed by atoms with Gasteiger partial charge in [0, 0.05) is 28.7 Å². The zero-order valence-electron chi connectivity index (χ0n) is 8.12. The van der Waals surface area contributed by atoms with Crippen molar-refractivity contribution in [3.8, 4) is 0 Å². The third-order valence-corrected chi connectivity index (χ3v) is 2.49. The molecule has 1 aromatic heterocycles. The van der Waals surface area contributed by atoms with Gasteiger partial charge in [0.1, 0.15) is 0 Å². The van der Waals surface area contributed by atoms with Crippen molar-refractivity contribution < 1.29 is 5.11 Å². The average Bonchev–Trinajstić information content (AvgIpc) is 2.59. The Morgan fingerprint density at radius 2 is 2.29 bits per heavy atom.